The van der Waals surface area contributed by atoms with Gasteiger partial charge in [-0.3, -0.25) is 39.6 Å². The van der Waals surface area contributed by atoms with Crippen molar-refractivity contribution < 1.29 is 47.1 Å². The highest BCUT2D eigenvalue weighted by atomic mass is 35.5. The van der Waals surface area contributed by atoms with E-state index in [0.717, 1.165) is 4.90 Å². The van der Waals surface area contributed by atoms with Gasteiger partial charge in [0.15, 0.2) is 17.3 Å². The zero-order chi connectivity index (χ0) is 40.7. The highest BCUT2D eigenvalue weighted by Crippen LogP contribution is 2.65. The number of imide groups is 2. The van der Waals surface area contributed by atoms with Gasteiger partial charge in [-0.15, -0.1) is 0 Å². The molecule has 1 saturated carbocycles. The number of phenolic OH excluding ortho intramolecular Hbond substituents is 1. The van der Waals surface area contributed by atoms with Crippen LogP contribution in [0, 0.1) is 33.8 Å². The number of phenols is 1. The van der Waals surface area contributed by atoms with Crippen LogP contribution in [0.15, 0.2) is 90.6 Å². The molecule has 8 rings (SSSR count). The van der Waals surface area contributed by atoms with Gasteiger partial charge in [0.05, 0.1) is 51.5 Å². The Kier molecular flexibility index (Phi) is 9.03. The second-order valence-corrected chi connectivity index (χ2v) is 14.9. The maximum Gasteiger partial charge on any atom is 0.417 e. The van der Waals surface area contributed by atoms with Crippen LogP contribution in [0.4, 0.5) is 30.4 Å². The Morgan fingerprint density at radius 3 is 2.32 bits per heavy atom. The molecule has 0 spiro atoms. The number of anilines is 2. The third kappa shape index (κ3) is 5.71. The molecule has 1 aromatic heterocycles. The maximum absolute atomic E-state index is 15.3. The van der Waals surface area contributed by atoms with Crippen molar-refractivity contribution in [2.75, 3.05) is 17.4 Å². The number of hydrogen-bond donors (Lipinski definition) is 2. The van der Waals surface area contributed by atoms with Crippen molar-refractivity contribution in [3.8, 4) is 11.5 Å². The van der Waals surface area contributed by atoms with Crippen LogP contribution in [-0.2, 0) is 30.8 Å². The average Bonchev–Trinajstić information content (AvgIpc) is 3.56. The van der Waals surface area contributed by atoms with E-state index in [1.165, 1.54) is 49.6 Å². The second-order valence-electron chi connectivity index (χ2n) is 14.1. The van der Waals surface area contributed by atoms with Crippen LogP contribution in [0.3, 0.4) is 0 Å². The number of non-ortho nitro benzene ring substituents is 1. The van der Waals surface area contributed by atoms with Crippen molar-refractivity contribution >= 4 is 64.0 Å². The Balaban J connectivity index is 1.31. The number of nitrogens with one attached hydrogen (secondary N) is 1. The number of pyridine rings is 1. The number of benzene rings is 3. The molecule has 2 saturated heterocycles. The summed E-state index contributed by atoms with van der Waals surface area (Å²) in [7, 11) is 1.33. The monoisotopic (exact) mass is 821 g/mol. The highest BCUT2D eigenvalue weighted by Gasteiger charge is 2.71. The lowest BCUT2D eigenvalue weighted by Crippen LogP contribution is -2.53. The number of carbonyl (C=O) groups excluding carboxylic acids is 4. The van der Waals surface area contributed by atoms with Gasteiger partial charge in [-0.1, -0.05) is 59.1 Å². The van der Waals surface area contributed by atoms with Crippen LogP contribution in [0.5, 0.6) is 11.5 Å². The number of nitro benzene ring substituents is 1. The predicted molar refractivity (Wildman–Crippen MR) is 197 cm³/mol. The molecule has 292 valence electrons. The lowest BCUT2D eigenvalue weighted by Gasteiger charge is -2.50. The molecule has 4 aromatic rings. The second kappa shape index (κ2) is 13.6. The third-order valence-electron chi connectivity index (χ3n) is 11.4. The van der Waals surface area contributed by atoms with E-state index in [4.69, 9.17) is 27.9 Å². The summed E-state index contributed by atoms with van der Waals surface area (Å²) in [5.74, 6) is -8.97. The Bertz CT molecular complexity index is 2430. The van der Waals surface area contributed by atoms with Gasteiger partial charge in [-0.05, 0) is 60.7 Å². The summed E-state index contributed by atoms with van der Waals surface area (Å²) in [5, 5.41) is 23.5. The number of amides is 4. The Morgan fingerprint density at radius 2 is 1.68 bits per heavy atom. The van der Waals surface area contributed by atoms with Crippen molar-refractivity contribution in [2.24, 2.45) is 23.7 Å². The van der Waals surface area contributed by atoms with Gasteiger partial charge >= 0.3 is 6.18 Å². The van der Waals surface area contributed by atoms with Gasteiger partial charge in [-0.2, -0.15) is 18.2 Å². The highest BCUT2D eigenvalue weighted by molar-refractivity contribution is 6.33. The van der Waals surface area contributed by atoms with Crippen LogP contribution < -0.4 is 15.1 Å². The molecule has 13 nitrogen and oxygen atoms in total. The van der Waals surface area contributed by atoms with Gasteiger partial charge in [0.2, 0.25) is 11.8 Å². The quantitative estimate of drug-likeness (QED) is 0.0839. The first-order valence-corrected chi connectivity index (χ1v) is 18.2. The molecule has 3 fully saturated rings. The van der Waals surface area contributed by atoms with Crippen LogP contribution in [0.1, 0.15) is 35.4 Å². The molecule has 2 N–H and O–H groups in total. The van der Waals surface area contributed by atoms with E-state index < -0.39 is 86.1 Å². The topological polar surface area (TPSA) is 172 Å². The molecule has 18 heteroatoms. The van der Waals surface area contributed by atoms with Crippen molar-refractivity contribution in [3.05, 3.63) is 127 Å². The molecule has 4 amide bonds. The number of allylic oxidation sites excluding steroid dienone is 2. The average molecular weight is 823 g/mol. The predicted octanol–water partition coefficient (Wildman–Crippen LogP) is 7.22. The summed E-state index contributed by atoms with van der Waals surface area (Å²) in [5.41, 5.74) is 0.289. The number of hydrogen-bond acceptors (Lipinski definition) is 10. The number of aromatic nitrogens is 1. The molecule has 3 heterocycles. The van der Waals surface area contributed by atoms with Gasteiger partial charge < -0.3 is 9.84 Å². The minimum absolute atomic E-state index is 0.0301. The number of nitro groups is 1. The molecule has 2 aliphatic heterocycles. The fourth-order valence-electron chi connectivity index (χ4n) is 9.04. The maximum atomic E-state index is 15.3. The van der Waals surface area contributed by atoms with E-state index in [0.29, 0.717) is 33.4 Å². The van der Waals surface area contributed by atoms with Crippen molar-refractivity contribution in [1.82, 2.24) is 9.99 Å². The van der Waals surface area contributed by atoms with Crippen molar-refractivity contribution in [1.29, 1.82) is 0 Å². The number of ether oxygens (including phenoxy) is 1. The first-order chi connectivity index (χ1) is 27.1. The SMILES string of the molecule is COc1cccc(C2C3=CCC4C(=O)N(c5ccc([N+](=O)[O-])cc5)C(=O)C4C3CC3C(=O)N(Nc4ncc(C(F)(F)F)cc4Cl)C(=O)C32c2ccc(Cl)cc2)c1O. The molecule has 4 aliphatic rings. The fraction of sp³-hybridized carbons (Fsp3) is 0.256. The van der Waals surface area contributed by atoms with E-state index in [9.17, 15) is 42.8 Å². The van der Waals surface area contributed by atoms with E-state index in [2.05, 4.69) is 10.4 Å². The Hall–Kier alpha value is -6.00. The summed E-state index contributed by atoms with van der Waals surface area (Å²) in [6.45, 7) is 0. The number of halogens is 5. The largest absolute Gasteiger partial charge is 0.504 e. The molecule has 6 atom stereocenters. The first-order valence-electron chi connectivity index (χ1n) is 17.4. The first kappa shape index (κ1) is 37.9. The Labute approximate surface area is 330 Å². The normalized spacial score (nSPS) is 25.5. The molecule has 0 bridgehead atoms. The van der Waals surface area contributed by atoms with Gasteiger partial charge in [0.1, 0.15) is 0 Å². The van der Waals surface area contributed by atoms with Gasteiger partial charge in [-0.25, -0.2) is 4.98 Å². The molecular formula is C39H28Cl2F3N5O8. The summed E-state index contributed by atoms with van der Waals surface area (Å²) in [6.07, 6.45) is -2.68. The molecule has 3 aromatic carbocycles. The number of aromatic hydroxyl groups is 1. The third-order valence-corrected chi connectivity index (χ3v) is 12.0. The van der Waals surface area contributed by atoms with E-state index in [1.54, 1.807) is 30.3 Å². The fourth-order valence-corrected chi connectivity index (χ4v) is 9.38. The van der Waals surface area contributed by atoms with Gasteiger partial charge in [0.25, 0.3) is 17.5 Å². The van der Waals surface area contributed by atoms with Crippen LogP contribution in [0.25, 0.3) is 0 Å². The smallest absolute Gasteiger partial charge is 0.417 e. The molecule has 57 heavy (non-hydrogen) atoms. The zero-order valence-corrected chi connectivity index (χ0v) is 30.9. The van der Waals surface area contributed by atoms with Crippen LogP contribution >= 0.6 is 23.2 Å². The number of alkyl halides is 3. The van der Waals surface area contributed by atoms with E-state index >= 15 is 4.79 Å². The van der Waals surface area contributed by atoms with E-state index in [1.807, 2.05) is 0 Å². The number of methoxy groups -OCH3 is 1. The summed E-state index contributed by atoms with van der Waals surface area (Å²) in [6, 6.07) is 16.3. The molecule has 2 aliphatic carbocycles. The van der Waals surface area contributed by atoms with Crippen LogP contribution in [-0.4, -0.2) is 50.8 Å². The summed E-state index contributed by atoms with van der Waals surface area (Å²) in [4.78, 5) is 74.1. The number of nitrogens with zero attached hydrogens (tertiary/aromatic N) is 4. The zero-order valence-electron chi connectivity index (χ0n) is 29.4. The minimum atomic E-state index is -4.79. The van der Waals surface area contributed by atoms with Crippen molar-refractivity contribution in [2.45, 2.75) is 30.4 Å². The lowest BCUT2D eigenvalue weighted by molar-refractivity contribution is -0.384. The number of fused-ring (bicyclic) bond motifs is 4. The Morgan fingerprint density at radius 1 is 0.982 bits per heavy atom. The number of rotatable bonds is 7. The number of para-hydroxylation sites is 1. The van der Waals surface area contributed by atoms with E-state index in [-0.39, 0.29) is 41.3 Å². The number of hydrazine groups is 1. The minimum Gasteiger partial charge on any atom is -0.504 e. The lowest BCUT2D eigenvalue weighted by atomic mass is 9.49. The summed E-state index contributed by atoms with van der Waals surface area (Å²) >= 11 is 12.5. The van der Waals surface area contributed by atoms with Crippen LogP contribution in [0.2, 0.25) is 10.0 Å². The molecule has 0 radical (unpaired) electrons. The molecular weight excluding hydrogens is 794 g/mol. The molecule has 6 unspecified atom stereocenters. The van der Waals surface area contributed by atoms with Gasteiger partial charge in [0, 0.05) is 34.8 Å². The standard InChI is InChI=1S/C39H28Cl2F3N5O8/c1-57-29-4-2-3-25(32(29)50)31-23-13-14-24-30(36(53)47(34(24)51)21-9-11-22(12-10-21)49(55)56)26(23)16-27-35(52)48(37(54)38(27,31)18-5-7-20(40)8-6-18)46-33-28(41)15-19(17-45-33)39(42,43)44/h2-13,15,17,24,26-27,30-31,50H,14,16H2,1H3,(H,45,46). The number of carbonyl (C=O) groups is 4. The van der Waals surface area contributed by atoms with Crippen molar-refractivity contribution in [3.63, 3.8) is 0 Å². The summed E-state index contributed by atoms with van der Waals surface area (Å²) < 4.78 is 45.9.